The Labute approximate surface area is 142 Å². The Morgan fingerprint density at radius 2 is 2.04 bits per heavy atom. The number of nitrogens with zero attached hydrogens (tertiary/aromatic N) is 2. The second kappa shape index (κ2) is 6.34. The van der Waals surface area contributed by atoms with Gasteiger partial charge in [-0.05, 0) is 18.2 Å². The van der Waals surface area contributed by atoms with E-state index in [-0.39, 0.29) is 11.6 Å². The Bertz CT molecular complexity index is 960. The van der Waals surface area contributed by atoms with Crippen molar-refractivity contribution in [2.75, 3.05) is 14.2 Å². The summed E-state index contributed by atoms with van der Waals surface area (Å²) in [5.74, 6) is 0.884. The molecule has 1 aliphatic heterocycles. The van der Waals surface area contributed by atoms with E-state index in [0.717, 1.165) is 10.1 Å². The van der Waals surface area contributed by atoms with Gasteiger partial charge in [0.1, 0.15) is 17.1 Å². The van der Waals surface area contributed by atoms with Gasteiger partial charge >= 0.3 is 5.69 Å². The monoisotopic (exact) mass is 346 g/mol. The Morgan fingerprint density at radius 1 is 1.28 bits per heavy atom. The highest BCUT2D eigenvalue weighted by molar-refractivity contribution is 6.03. The van der Waals surface area contributed by atoms with Crippen LogP contribution < -0.4 is 26.1 Å². The van der Waals surface area contributed by atoms with Crippen LogP contribution in [0.15, 0.2) is 32.9 Å². The molecule has 0 spiro atoms. The fourth-order valence-electron chi connectivity index (χ4n) is 2.76. The third-order valence-corrected chi connectivity index (χ3v) is 4.15. The highest BCUT2D eigenvalue weighted by Gasteiger charge is 2.28. The lowest BCUT2D eigenvalue weighted by atomic mass is 9.99. The highest BCUT2D eigenvalue weighted by Crippen LogP contribution is 2.34. The summed E-state index contributed by atoms with van der Waals surface area (Å²) in [6.45, 7) is 0. The molecule has 25 heavy (non-hydrogen) atoms. The summed E-state index contributed by atoms with van der Waals surface area (Å²) in [4.78, 5) is 25.8. The topological polar surface area (TPSA) is 118 Å². The highest BCUT2D eigenvalue weighted by atomic mass is 16.5. The van der Waals surface area contributed by atoms with Crippen LogP contribution in [0.1, 0.15) is 23.6 Å². The normalized spacial score (nSPS) is 16.3. The summed E-state index contributed by atoms with van der Waals surface area (Å²) in [7, 11) is 4.49. The van der Waals surface area contributed by atoms with Crippen LogP contribution in [0.4, 0.5) is 0 Å². The van der Waals surface area contributed by atoms with Gasteiger partial charge in [0.15, 0.2) is 0 Å². The van der Waals surface area contributed by atoms with Crippen molar-refractivity contribution in [1.29, 1.82) is 0 Å². The number of methoxy groups -OCH3 is 2. The number of aromatic hydroxyl groups is 1. The first-order chi connectivity index (χ1) is 12.0. The van der Waals surface area contributed by atoms with Gasteiger partial charge in [-0.3, -0.25) is 14.3 Å². The van der Waals surface area contributed by atoms with Crippen molar-refractivity contribution in [2.45, 2.75) is 12.5 Å². The molecule has 1 aliphatic rings. The number of H-pyrrole nitrogens is 1. The molecule has 9 nitrogen and oxygen atoms in total. The van der Waals surface area contributed by atoms with Gasteiger partial charge in [0, 0.05) is 19.0 Å². The molecule has 9 heteroatoms. The van der Waals surface area contributed by atoms with Crippen molar-refractivity contribution in [3.05, 3.63) is 50.2 Å². The van der Waals surface area contributed by atoms with Crippen LogP contribution in [-0.4, -0.2) is 34.6 Å². The van der Waals surface area contributed by atoms with E-state index < -0.39 is 17.1 Å². The SMILES string of the molecule is COc1ccc(OC)c(C2CC(c3c(O)n(C)c(=O)[nH]c3=O)=NN2)c1. The summed E-state index contributed by atoms with van der Waals surface area (Å²) in [6.07, 6.45) is 0.332. The fraction of sp³-hybridized carbons (Fsp3) is 0.312. The molecule has 3 rings (SSSR count). The number of hydrogen-bond donors (Lipinski definition) is 3. The molecule has 1 unspecified atom stereocenters. The minimum absolute atomic E-state index is 0.0287. The second-order valence-corrected chi connectivity index (χ2v) is 5.57. The van der Waals surface area contributed by atoms with Crippen LogP contribution in [0.25, 0.3) is 0 Å². The molecule has 0 saturated heterocycles. The number of nitrogens with one attached hydrogen (secondary N) is 2. The van der Waals surface area contributed by atoms with Crippen molar-refractivity contribution in [1.82, 2.24) is 15.0 Å². The number of rotatable bonds is 4. The number of hydrogen-bond acceptors (Lipinski definition) is 7. The smallest absolute Gasteiger partial charge is 0.330 e. The molecule has 0 fully saturated rings. The molecule has 3 N–H and O–H groups in total. The van der Waals surface area contributed by atoms with Crippen LogP contribution in [0.3, 0.4) is 0 Å². The Kier molecular flexibility index (Phi) is 4.22. The first-order valence-corrected chi connectivity index (χ1v) is 7.53. The van der Waals surface area contributed by atoms with E-state index in [0.29, 0.717) is 23.6 Å². The number of aromatic amines is 1. The van der Waals surface area contributed by atoms with Crippen molar-refractivity contribution in [3.8, 4) is 17.4 Å². The largest absolute Gasteiger partial charge is 0.497 e. The van der Waals surface area contributed by atoms with E-state index in [2.05, 4.69) is 15.5 Å². The summed E-state index contributed by atoms with van der Waals surface area (Å²) >= 11 is 0. The molecule has 0 amide bonds. The lowest BCUT2D eigenvalue weighted by Gasteiger charge is -2.16. The average molecular weight is 346 g/mol. The van der Waals surface area contributed by atoms with Crippen LogP contribution >= 0.6 is 0 Å². The molecule has 1 atom stereocenters. The predicted octanol–water partition coefficient (Wildman–Crippen LogP) is 0.235. The molecule has 1 aromatic carbocycles. The first-order valence-electron chi connectivity index (χ1n) is 7.53. The van der Waals surface area contributed by atoms with Crippen LogP contribution in [-0.2, 0) is 7.05 Å². The molecule has 2 aromatic rings. The Balaban J connectivity index is 1.97. The zero-order valence-electron chi connectivity index (χ0n) is 14.0. The van der Waals surface area contributed by atoms with Gasteiger partial charge in [-0.25, -0.2) is 4.79 Å². The van der Waals surface area contributed by atoms with Crippen molar-refractivity contribution >= 4 is 5.71 Å². The second-order valence-electron chi connectivity index (χ2n) is 5.57. The van der Waals surface area contributed by atoms with Crippen LogP contribution in [0.2, 0.25) is 0 Å². The van der Waals surface area contributed by atoms with E-state index in [1.54, 1.807) is 26.4 Å². The van der Waals surface area contributed by atoms with Gasteiger partial charge in [0.05, 0.1) is 26.0 Å². The Morgan fingerprint density at radius 3 is 2.72 bits per heavy atom. The van der Waals surface area contributed by atoms with Crippen molar-refractivity contribution in [2.24, 2.45) is 12.1 Å². The zero-order valence-corrected chi connectivity index (χ0v) is 14.0. The van der Waals surface area contributed by atoms with Gasteiger partial charge in [-0.15, -0.1) is 0 Å². The molecule has 0 bridgehead atoms. The average Bonchev–Trinajstić information content (AvgIpc) is 3.08. The third-order valence-electron chi connectivity index (χ3n) is 4.15. The maximum Gasteiger partial charge on any atom is 0.330 e. The van der Waals surface area contributed by atoms with Crippen molar-refractivity contribution in [3.63, 3.8) is 0 Å². The molecular weight excluding hydrogens is 328 g/mol. The van der Waals surface area contributed by atoms with Gasteiger partial charge in [-0.2, -0.15) is 5.10 Å². The van der Waals surface area contributed by atoms with Crippen molar-refractivity contribution < 1.29 is 14.6 Å². The lowest BCUT2D eigenvalue weighted by molar-refractivity contribution is 0.392. The molecule has 2 heterocycles. The predicted molar refractivity (Wildman–Crippen MR) is 90.5 cm³/mol. The maximum absolute atomic E-state index is 12.1. The molecule has 1 aromatic heterocycles. The van der Waals surface area contributed by atoms with Crippen LogP contribution in [0.5, 0.6) is 17.4 Å². The minimum atomic E-state index is -0.691. The van der Waals surface area contributed by atoms with E-state index >= 15 is 0 Å². The standard InChI is InChI=1S/C16H18N4O5/c1-20-15(22)13(14(21)17-16(20)23)11-7-10(18-19-11)9-6-8(24-2)4-5-12(9)25-3/h4-6,10,18,22H,7H2,1-3H3,(H,17,21,23). The Hall–Kier alpha value is -3.23. The summed E-state index contributed by atoms with van der Waals surface area (Å²) in [5.41, 5.74) is 2.69. The molecule has 0 radical (unpaired) electrons. The molecule has 132 valence electrons. The lowest BCUT2D eigenvalue weighted by Crippen LogP contribution is -2.32. The number of hydrazone groups is 1. The van der Waals surface area contributed by atoms with Gasteiger partial charge in [0.25, 0.3) is 5.56 Å². The number of aromatic nitrogens is 2. The zero-order chi connectivity index (χ0) is 18.1. The van der Waals surface area contributed by atoms with E-state index in [4.69, 9.17) is 9.47 Å². The van der Waals surface area contributed by atoms with Crippen LogP contribution in [0, 0.1) is 0 Å². The third kappa shape index (κ3) is 2.84. The fourth-order valence-corrected chi connectivity index (χ4v) is 2.76. The maximum atomic E-state index is 12.1. The summed E-state index contributed by atoms with van der Waals surface area (Å²) < 4.78 is 11.6. The summed E-state index contributed by atoms with van der Waals surface area (Å²) in [6, 6.07) is 5.11. The minimum Gasteiger partial charge on any atom is -0.497 e. The van der Waals surface area contributed by atoms with Gasteiger partial charge in [-0.1, -0.05) is 0 Å². The molecule has 0 aliphatic carbocycles. The van der Waals surface area contributed by atoms with Gasteiger partial charge in [0.2, 0.25) is 5.88 Å². The quantitative estimate of drug-likeness (QED) is 0.730. The molecular formula is C16H18N4O5. The van der Waals surface area contributed by atoms with E-state index in [1.807, 2.05) is 6.07 Å². The van der Waals surface area contributed by atoms with Gasteiger partial charge < -0.3 is 20.0 Å². The summed E-state index contributed by atoms with van der Waals surface area (Å²) in [5, 5.41) is 14.3. The van der Waals surface area contributed by atoms with E-state index in [9.17, 15) is 14.7 Å². The van der Waals surface area contributed by atoms with E-state index in [1.165, 1.54) is 7.05 Å². The first kappa shape index (κ1) is 16.6. The molecule has 0 saturated carbocycles. The number of ether oxygens (including phenoxy) is 2. The number of benzene rings is 1.